The molecule has 3 N–H and O–H groups in total. The van der Waals surface area contributed by atoms with Gasteiger partial charge >= 0.3 is 0 Å². The van der Waals surface area contributed by atoms with Crippen LogP contribution in [0.2, 0.25) is 0 Å². The average Bonchev–Trinajstić information content (AvgIpc) is 2.97. The van der Waals surface area contributed by atoms with Gasteiger partial charge in [-0.25, -0.2) is 0 Å². The summed E-state index contributed by atoms with van der Waals surface area (Å²) in [6, 6.07) is 17.3. The zero-order chi connectivity index (χ0) is 13.5. The van der Waals surface area contributed by atoms with Crippen LogP contribution >= 0.6 is 0 Å². The van der Waals surface area contributed by atoms with Gasteiger partial charge in [-0.1, -0.05) is 42.5 Å². The first-order valence-electron chi connectivity index (χ1n) is 7.20. The molecule has 3 atom stereocenters. The molecule has 0 amide bonds. The summed E-state index contributed by atoms with van der Waals surface area (Å²) >= 11 is 0. The SMILES string of the molecule is Nc1ccc2c(c1)[C@H]1C=CC[C@H]1[C@@H](c1ccccc1)N2. The van der Waals surface area contributed by atoms with E-state index in [1.807, 2.05) is 6.07 Å². The van der Waals surface area contributed by atoms with E-state index in [-0.39, 0.29) is 0 Å². The highest BCUT2D eigenvalue weighted by Gasteiger charge is 2.37. The molecule has 4 rings (SSSR count). The maximum atomic E-state index is 5.96. The van der Waals surface area contributed by atoms with Crippen LogP contribution in [-0.2, 0) is 0 Å². The summed E-state index contributed by atoms with van der Waals surface area (Å²) in [4.78, 5) is 0. The third kappa shape index (κ3) is 1.72. The van der Waals surface area contributed by atoms with Gasteiger partial charge in [-0.2, -0.15) is 0 Å². The molecule has 100 valence electrons. The van der Waals surface area contributed by atoms with Crippen molar-refractivity contribution in [3.05, 3.63) is 71.8 Å². The third-order valence-corrected chi connectivity index (χ3v) is 4.55. The molecule has 0 spiro atoms. The fraction of sp³-hybridized carbons (Fsp3) is 0.222. The standard InChI is InChI=1S/C18H18N2/c19-13-9-10-17-16(11-13)14-7-4-8-15(14)18(20-17)12-5-2-1-3-6-12/h1-7,9-11,14-15,18,20H,8,19H2/t14-,15+,18+/m0/s1. The fourth-order valence-electron chi connectivity index (χ4n) is 3.60. The number of fused-ring (bicyclic) bond motifs is 3. The zero-order valence-electron chi connectivity index (χ0n) is 11.3. The molecule has 0 saturated heterocycles. The summed E-state index contributed by atoms with van der Waals surface area (Å²) in [5.41, 5.74) is 10.7. The van der Waals surface area contributed by atoms with Crippen molar-refractivity contribution in [1.29, 1.82) is 0 Å². The van der Waals surface area contributed by atoms with E-state index in [9.17, 15) is 0 Å². The predicted molar refractivity (Wildman–Crippen MR) is 83.6 cm³/mol. The van der Waals surface area contributed by atoms with Crippen LogP contribution < -0.4 is 11.1 Å². The monoisotopic (exact) mass is 262 g/mol. The van der Waals surface area contributed by atoms with E-state index in [0.29, 0.717) is 17.9 Å². The lowest BCUT2D eigenvalue weighted by Crippen LogP contribution is -2.29. The summed E-state index contributed by atoms with van der Waals surface area (Å²) in [6.07, 6.45) is 5.79. The Morgan fingerprint density at radius 3 is 2.75 bits per heavy atom. The maximum Gasteiger partial charge on any atom is 0.0553 e. The number of anilines is 2. The number of nitrogens with one attached hydrogen (secondary N) is 1. The first-order valence-corrected chi connectivity index (χ1v) is 7.20. The second-order valence-electron chi connectivity index (χ2n) is 5.73. The molecular formula is C18H18N2. The molecule has 2 aliphatic rings. The molecule has 0 radical (unpaired) electrons. The molecule has 0 bridgehead atoms. The first-order chi connectivity index (χ1) is 9.83. The van der Waals surface area contributed by atoms with Crippen molar-refractivity contribution in [2.45, 2.75) is 18.4 Å². The van der Waals surface area contributed by atoms with Gasteiger partial charge in [-0.15, -0.1) is 0 Å². The van der Waals surface area contributed by atoms with Gasteiger partial charge in [-0.05, 0) is 41.7 Å². The minimum absolute atomic E-state index is 0.382. The Kier molecular flexibility index (Phi) is 2.56. The molecule has 20 heavy (non-hydrogen) atoms. The zero-order valence-corrected chi connectivity index (χ0v) is 11.3. The number of rotatable bonds is 1. The van der Waals surface area contributed by atoms with Gasteiger partial charge in [0.2, 0.25) is 0 Å². The van der Waals surface area contributed by atoms with Crippen LogP contribution in [0.15, 0.2) is 60.7 Å². The van der Waals surface area contributed by atoms with Crippen LogP contribution in [0.1, 0.15) is 29.5 Å². The van der Waals surface area contributed by atoms with Crippen LogP contribution in [-0.4, -0.2) is 0 Å². The number of hydrogen-bond acceptors (Lipinski definition) is 2. The topological polar surface area (TPSA) is 38.0 Å². The molecule has 2 heteroatoms. The number of allylic oxidation sites excluding steroid dienone is 2. The Labute approximate surface area is 119 Å². The number of benzene rings is 2. The van der Waals surface area contributed by atoms with Gasteiger partial charge in [0.1, 0.15) is 0 Å². The van der Waals surface area contributed by atoms with E-state index in [4.69, 9.17) is 5.73 Å². The Bertz CT molecular complexity index is 660. The number of hydrogen-bond donors (Lipinski definition) is 2. The van der Waals surface area contributed by atoms with Crippen LogP contribution in [0.5, 0.6) is 0 Å². The molecule has 0 saturated carbocycles. The van der Waals surface area contributed by atoms with Crippen LogP contribution in [0.4, 0.5) is 11.4 Å². The second kappa shape index (κ2) is 4.41. The molecule has 2 aromatic carbocycles. The molecule has 0 fully saturated rings. The summed E-state index contributed by atoms with van der Waals surface area (Å²) in [7, 11) is 0. The van der Waals surface area contributed by atoms with E-state index in [1.165, 1.54) is 16.8 Å². The van der Waals surface area contributed by atoms with E-state index in [0.717, 1.165) is 12.1 Å². The van der Waals surface area contributed by atoms with Crippen molar-refractivity contribution in [3.63, 3.8) is 0 Å². The van der Waals surface area contributed by atoms with Gasteiger partial charge in [-0.3, -0.25) is 0 Å². The Balaban J connectivity index is 1.80. The lowest BCUT2D eigenvalue weighted by Gasteiger charge is -2.37. The van der Waals surface area contributed by atoms with Gasteiger partial charge in [0.05, 0.1) is 6.04 Å². The highest BCUT2D eigenvalue weighted by Crippen LogP contribution is 2.49. The van der Waals surface area contributed by atoms with Crippen LogP contribution in [0.3, 0.4) is 0 Å². The minimum Gasteiger partial charge on any atom is -0.399 e. The quantitative estimate of drug-likeness (QED) is 0.600. The summed E-state index contributed by atoms with van der Waals surface area (Å²) in [5, 5.41) is 3.72. The maximum absolute atomic E-state index is 5.96. The van der Waals surface area contributed by atoms with E-state index < -0.39 is 0 Å². The van der Waals surface area contributed by atoms with Crippen molar-refractivity contribution in [2.24, 2.45) is 5.92 Å². The van der Waals surface area contributed by atoms with Crippen LogP contribution in [0.25, 0.3) is 0 Å². The number of nitrogens with two attached hydrogens (primary N) is 1. The summed E-state index contributed by atoms with van der Waals surface area (Å²) in [6.45, 7) is 0. The number of nitrogen functional groups attached to an aromatic ring is 1. The molecule has 1 aliphatic carbocycles. The van der Waals surface area contributed by atoms with E-state index in [2.05, 4.69) is 59.9 Å². The van der Waals surface area contributed by atoms with E-state index >= 15 is 0 Å². The largest absolute Gasteiger partial charge is 0.399 e. The average molecular weight is 262 g/mol. The molecule has 2 aromatic rings. The van der Waals surface area contributed by atoms with Crippen molar-refractivity contribution in [1.82, 2.24) is 0 Å². The second-order valence-corrected chi connectivity index (χ2v) is 5.73. The van der Waals surface area contributed by atoms with Gasteiger partial charge < -0.3 is 11.1 Å². The summed E-state index contributed by atoms with van der Waals surface area (Å²) < 4.78 is 0. The van der Waals surface area contributed by atoms with Crippen LogP contribution in [0, 0.1) is 5.92 Å². The fourth-order valence-corrected chi connectivity index (χ4v) is 3.60. The molecule has 1 heterocycles. The van der Waals surface area contributed by atoms with Crippen molar-refractivity contribution in [3.8, 4) is 0 Å². The first kappa shape index (κ1) is 11.6. The summed E-state index contributed by atoms with van der Waals surface area (Å²) in [5.74, 6) is 1.08. The third-order valence-electron chi connectivity index (χ3n) is 4.55. The van der Waals surface area contributed by atoms with E-state index in [1.54, 1.807) is 0 Å². The minimum atomic E-state index is 0.382. The highest BCUT2D eigenvalue weighted by molar-refractivity contribution is 5.64. The Morgan fingerprint density at radius 1 is 1.05 bits per heavy atom. The van der Waals surface area contributed by atoms with Crippen molar-refractivity contribution < 1.29 is 0 Å². The molecule has 0 unspecified atom stereocenters. The Morgan fingerprint density at radius 2 is 1.90 bits per heavy atom. The Hall–Kier alpha value is -2.22. The normalized spacial score (nSPS) is 26.7. The smallest absolute Gasteiger partial charge is 0.0553 e. The molecule has 0 aromatic heterocycles. The lowest BCUT2D eigenvalue weighted by atomic mass is 9.77. The van der Waals surface area contributed by atoms with Gasteiger partial charge in [0, 0.05) is 17.3 Å². The molecule has 2 nitrogen and oxygen atoms in total. The predicted octanol–water partition coefficient (Wildman–Crippen LogP) is 4.10. The van der Waals surface area contributed by atoms with Gasteiger partial charge in [0.25, 0.3) is 0 Å². The van der Waals surface area contributed by atoms with Gasteiger partial charge in [0.15, 0.2) is 0 Å². The highest BCUT2D eigenvalue weighted by atomic mass is 15.0. The van der Waals surface area contributed by atoms with Crippen molar-refractivity contribution >= 4 is 11.4 Å². The molecular weight excluding hydrogens is 244 g/mol. The molecule has 1 aliphatic heterocycles. The van der Waals surface area contributed by atoms with Crippen molar-refractivity contribution in [2.75, 3.05) is 11.1 Å². The lowest BCUT2D eigenvalue weighted by molar-refractivity contribution is 0.426.